The Bertz CT molecular complexity index is 380. The van der Waals surface area contributed by atoms with Gasteiger partial charge in [-0.25, -0.2) is 0 Å². The molecule has 1 aromatic carbocycles. The SMILES string of the molecule is CCOCCCNC(=O)c1ccc(C)cc1Br. The maximum atomic E-state index is 11.8. The number of hydrogen-bond donors (Lipinski definition) is 1. The van der Waals surface area contributed by atoms with Crippen molar-refractivity contribution in [3.63, 3.8) is 0 Å². The van der Waals surface area contributed by atoms with Crippen molar-refractivity contribution >= 4 is 21.8 Å². The Labute approximate surface area is 111 Å². The fourth-order valence-electron chi connectivity index (χ4n) is 1.42. The summed E-state index contributed by atoms with van der Waals surface area (Å²) in [4.78, 5) is 11.8. The van der Waals surface area contributed by atoms with Crippen molar-refractivity contribution in [3.8, 4) is 0 Å². The van der Waals surface area contributed by atoms with Crippen LogP contribution < -0.4 is 5.32 Å². The molecule has 0 saturated carbocycles. The first kappa shape index (κ1) is 14.2. The Morgan fingerprint density at radius 3 is 2.88 bits per heavy atom. The average Bonchev–Trinajstić information content (AvgIpc) is 2.28. The van der Waals surface area contributed by atoms with Crippen LogP contribution in [0.15, 0.2) is 22.7 Å². The lowest BCUT2D eigenvalue weighted by Crippen LogP contribution is -2.25. The minimum atomic E-state index is -0.0478. The molecular weight excluding hydrogens is 282 g/mol. The third-order valence-electron chi connectivity index (χ3n) is 2.32. The number of aryl methyl sites for hydroxylation is 1. The molecule has 17 heavy (non-hydrogen) atoms. The second-order valence-corrected chi connectivity index (χ2v) is 4.64. The van der Waals surface area contributed by atoms with Crippen LogP contribution in [-0.4, -0.2) is 25.7 Å². The Kier molecular flexibility index (Phi) is 6.22. The van der Waals surface area contributed by atoms with E-state index in [1.54, 1.807) is 0 Å². The molecule has 0 atom stereocenters. The lowest BCUT2D eigenvalue weighted by molar-refractivity contribution is 0.0943. The second kappa shape index (κ2) is 7.45. The molecule has 4 heteroatoms. The number of hydrogen-bond acceptors (Lipinski definition) is 2. The third kappa shape index (κ3) is 4.88. The molecule has 0 radical (unpaired) electrons. The van der Waals surface area contributed by atoms with Crippen molar-refractivity contribution in [2.24, 2.45) is 0 Å². The highest BCUT2D eigenvalue weighted by Gasteiger charge is 2.08. The molecule has 0 bridgehead atoms. The molecule has 94 valence electrons. The van der Waals surface area contributed by atoms with Gasteiger partial charge in [0.1, 0.15) is 0 Å². The minimum absolute atomic E-state index is 0.0478. The lowest BCUT2D eigenvalue weighted by Gasteiger charge is -2.07. The second-order valence-electron chi connectivity index (χ2n) is 3.79. The van der Waals surface area contributed by atoms with Gasteiger partial charge in [0.05, 0.1) is 5.56 Å². The zero-order valence-corrected chi connectivity index (χ0v) is 11.8. The number of carbonyl (C=O) groups excluding carboxylic acids is 1. The molecule has 0 heterocycles. The number of benzene rings is 1. The molecule has 3 nitrogen and oxygen atoms in total. The maximum absolute atomic E-state index is 11.8. The number of nitrogens with one attached hydrogen (secondary N) is 1. The van der Waals surface area contributed by atoms with Crippen molar-refractivity contribution in [2.45, 2.75) is 20.3 Å². The fraction of sp³-hybridized carbons (Fsp3) is 0.462. The van der Waals surface area contributed by atoms with Gasteiger partial charge in [-0.1, -0.05) is 6.07 Å². The van der Waals surface area contributed by atoms with Crippen LogP contribution in [0.3, 0.4) is 0 Å². The van der Waals surface area contributed by atoms with E-state index in [4.69, 9.17) is 4.74 Å². The van der Waals surface area contributed by atoms with Crippen molar-refractivity contribution < 1.29 is 9.53 Å². The molecule has 0 aliphatic rings. The summed E-state index contributed by atoms with van der Waals surface area (Å²) in [5.74, 6) is -0.0478. The van der Waals surface area contributed by atoms with E-state index in [-0.39, 0.29) is 5.91 Å². The van der Waals surface area contributed by atoms with Crippen molar-refractivity contribution in [1.82, 2.24) is 5.32 Å². The Hall–Kier alpha value is -0.870. The first-order valence-electron chi connectivity index (χ1n) is 5.77. The summed E-state index contributed by atoms with van der Waals surface area (Å²) in [6.07, 6.45) is 0.836. The minimum Gasteiger partial charge on any atom is -0.382 e. The molecule has 0 aromatic heterocycles. The number of ether oxygens (including phenoxy) is 1. The highest BCUT2D eigenvalue weighted by atomic mass is 79.9. The first-order valence-corrected chi connectivity index (χ1v) is 6.56. The zero-order valence-electron chi connectivity index (χ0n) is 10.3. The van der Waals surface area contributed by atoms with Gasteiger partial charge in [0.2, 0.25) is 0 Å². The van der Waals surface area contributed by atoms with E-state index < -0.39 is 0 Å². The predicted molar refractivity (Wildman–Crippen MR) is 72.3 cm³/mol. The maximum Gasteiger partial charge on any atom is 0.252 e. The summed E-state index contributed by atoms with van der Waals surface area (Å²) in [6.45, 7) is 6.00. The molecule has 0 spiro atoms. The van der Waals surface area contributed by atoms with Crippen LogP contribution >= 0.6 is 15.9 Å². The highest BCUT2D eigenvalue weighted by molar-refractivity contribution is 9.10. The third-order valence-corrected chi connectivity index (χ3v) is 2.98. The summed E-state index contributed by atoms with van der Waals surface area (Å²) in [6, 6.07) is 5.70. The monoisotopic (exact) mass is 299 g/mol. The van der Waals surface area contributed by atoms with Gasteiger partial charge >= 0.3 is 0 Å². The van der Waals surface area contributed by atoms with Crippen LogP contribution in [0.1, 0.15) is 29.3 Å². The van der Waals surface area contributed by atoms with E-state index in [0.717, 1.165) is 23.1 Å². The fourth-order valence-corrected chi connectivity index (χ4v) is 2.09. The van der Waals surface area contributed by atoms with Gasteiger partial charge in [-0.3, -0.25) is 4.79 Å². The summed E-state index contributed by atoms with van der Waals surface area (Å²) in [5.41, 5.74) is 1.80. The van der Waals surface area contributed by atoms with Gasteiger partial charge in [-0.15, -0.1) is 0 Å². The average molecular weight is 300 g/mol. The summed E-state index contributed by atoms with van der Waals surface area (Å²) in [7, 11) is 0. The molecular formula is C13H18BrNO2. The number of carbonyl (C=O) groups is 1. The van der Waals surface area contributed by atoms with E-state index in [1.807, 2.05) is 32.0 Å². The molecule has 1 rings (SSSR count). The topological polar surface area (TPSA) is 38.3 Å². The molecule has 0 unspecified atom stereocenters. The van der Waals surface area contributed by atoms with Crippen LogP contribution in [0.5, 0.6) is 0 Å². The number of halogens is 1. The van der Waals surface area contributed by atoms with Gasteiger partial charge in [0, 0.05) is 24.2 Å². The van der Waals surface area contributed by atoms with Gasteiger partial charge in [-0.2, -0.15) is 0 Å². The van der Waals surface area contributed by atoms with E-state index in [0.29, 0.717) is 18.7 Å². The summed E-state index contributed by atoms with van der Waals surface area (Å²) < 4.78 is 6.03. The van der Waals surface area contributed by atoms with Crippen LogP contribution in [-0.2, 0) is 4.74 Å². The quantitative estimate of drug-likeness (QED) is 0.820. The highest BCUT2D eigenvalue weighted by Crippen LogP contribution is 2.18. The molecule has 0 aliphatic carbocycles. The molecule has 0 saturated heterocycles. The van der Waals surface area contributed by atoms with Crippen LogP contribution in [0.4, 0.5) is 0 Å². The molecule has 0 aliphatic heterocycles. The van der Waals surface area contributed by atoms with Gasteiger partial charge in [-0.05, 0) is 53.9 Å². The van der Waals surface area contributed by atoms with Crippen LogP contribution in [0.25, 0.3) is 0 Å². The normalized spacial score (nSPS) is 10.3. The zero-order chi connectivity index (χ0) is 12.7. The summed E-state index contributed by atoms with van der Waals surface area (Å²) in [5, 5.41) is 2.87. The smallest absolute Gasteiger partial charge is 0.252 e. The van der Waals surface area contributed by atoms with Crippen LogP contribution in [0.2, 0.25) is 0 Å². The predicted octanol–water partition coefficient (Wildman–Crippen LogP) is 2.91. The molecule has 0 fully saturated rings. The number of amides is 1. The van der Waals surface area contributed by atoms with Crippen molar-refractivity contribution in [3.05, 3.63) is 33.8 Å². The Balaban J connectivity index is 2.42. The Morgan fingerprint density at radius 2 is 2.24 bits per heavy atom. The number of rotatable bonds is 6. The van der Waals surface area contributed by atoms with Crippen LogP contribution in [0, 0.1) is 6.92 Å². The van der Waals surface area contributed by atoms with E-state index >= 15 is 0 Å². The lowest BCUT2D eigenvalue weighted by atomic mass is 10.1. The van der Waals surface area contributed by atoms with Gasteiger partial charge in [0.25, 0.3) is 5.91 Å². The van der Waals surface area contributed by atoms with Gasteiger partial charge < -0.3 is 10.1 Å². The molecule has 1 amide bonds. The van der Waals surface area contributed by atoms with Crippen molar-refractivity contribution in [1.29, 1.82) is 0 Å². The van der Waals surface area contributed by atoms with Crippen molar-refractivity contribution in [2.75, 3.05) is 19.8 Å². The first-order chi connectivity index (χ1) is 8.15. The Morgan fingerprint density at radius 1 is 1.47 bits per heavy atom. The van der Waals surface area contributed by atoms with E-state index in [9.17, 15) is 4.79 Å². The largest absolute Gasteiger partial charge is 0.382 e. The summed E-state index contributed by atoms with van der Waals surface area (Å²) >= 11 is 3.40. The van der Waals surface area contributed by atoms with E-state index in [1.165, 1.54) is 0 Å². The molecule has 1 aromatic rings. The van der Waals surface area contributed by atoms with Gasteiger partial charge in [0.15, 0.2) is 0 Å². The standard InChI is InChI=1S/C13H18BrNO2/c1-3-17-8-4-7-15-13(16)11-6-5-10(2)9-12(11)14/h5-6,9H,3-4,7-8H2,1-2H3,(H,15,16). The van der Waals surface area contributed by atoms with E-state index in [2.05, 4.69) is 21.2 Å². The molecule has 1 N–H and O–H groups in total.